The number of fused-ring (bicyclic) bond motifs is 1. The number of benzene rings is 2. The molecule has 0 spiro atoms. The van der Waals surface area contributed by atoms with Crippen LogP contribution in [0, 0.1) is 0 Å². The Kier molecular flexibility index (Phi) is 6.04. The SMILES string of the molecule is Cl.O=C(Nc1nc2c(s1)CN(Cc1ccccc1)CC2)c1ccccc1. The van der Waals surface area contributed by atoms with Crippen LogP contribution in [0.3, 0.4) is 0 Å². The first-order valence-corrected chi connectivity index (χ1v) is 9.21. The Hall–Kier alpha value is -2.21. The largest absolute Gasteiger partial charge is 0.298 e. The number of rotatable bonds is 4. The predicted molar refractivity (Wildman–Crippen MR) is 108 cm³/mol. The molecule has 0 aliphatic carbocycles. The van der Waals surface area contributed by atoms with Crippen molar-refractivity contribution in [2.24, 2.45) is 0 Å². The molecule has 3 aromatic rings. The number of hydrogen-bond donors (Lipinski definition) is 1. The molecule has 2 heterocycles. The fourth-order valence-corrected chi connectivity index (χ4v) is 4.08. The average Bonchev–Trinajstić information content (AvgIpc) is 3.05. The Morgan fingerprint density at radius 3 is 2.50 bits per heavy atom. The zero-order valence-corrected chi connectivity index (χ0v) is 15.9. The minimum absolute atomic E-state index is 0. The van der Waals surface area contributed by atoms with Gasteiger partial charge in [-0.1, -0.05) is 48.5 Å². The molecule has 0 saturated heterocycles. The highest BCUT2D eigenvalue weighted by Crippen LogP contribution is 2.29. The van der Waals surface area contributed by atoms with Crippen molar-refractivity contribution in [3.8, 4) is 0 Å². The first-order valence-electron chi connectivity index (χ1n) is 8.39. The highest BCUT2D eigenvalue weighted by atomic mass is 35.5. The first-order chi connectivity index (χ1) is 12.3. The van der Waals surface area contributed by atoms with Crippen LogP contribution in [0.4, 0.5) is 5.13 Å². The fraction of sp³-hybridized carbons (Fsp3) is 0.200. The van der Waals surface area contributed by atoms with Crippen molar-refractivity contribution in [1.82, 2.24) is 9.88 Å². The minimum atomic E-state index is -0.104. The molecule has 0 atom stereocenters. The molecule has 0 unspecified atom stereocenters. The van der Waals surface area contributed by atoms with Gasteiger partial charge in [-0.2, -0.15) is 0 Å². The number of thiazole rings is 1. The second kappa shape index (κ2) is 8.45. The number of nitrogens with one attached hydrogen (secondary N) is 1. The van der Waals surface area contributed by atoms with Crippen molar-refractivity contribution in [2.45, 2.75) is 19.5 Å². The lowest BCUT2D eigenvalue weighted by Crippen LogP contribution is -2.29. The van der Waals surface area contributed by atoms with E-state index in [-0.39, 0.29) is 18.3 Å². The van der Waals surface area contributed by atoms with Gasteiger partial charge in [0.2, 0.25) is 0 Å². The predicted octanol–water partition coefficient (Wildman–Crippen LogP) is 4.38. The van der Waals surface area contributed by atoms with E-state index in [0.717, 1.165) is 31.7 Å². The van der Waals surface area contributed by atoms with Crippen molar-refractivity contribution in [3.05, 3.63) is 82.4 Å². The quantitative estimate of drug-likeness (QED) is 0.725. The third kappa shape index (κ3) is 4.30. The molecule has 26 heavy (non-hydrogen) atoms. The smallest absolute Gasteiger partial charge is 0.257 e. The zero-order chi connectivity index (χ0) is 17.1. The van der Waals surface area contributed by atoms with Gasteiger partial charge in [-0.15, -0.1) is 23.7 Å². The molecule has 1 amide bonds. The molecule has 1 N–H and O–H groups in total. The number of nitrogens with zero attached hydrogens (tertiary/aromatic N) is 2. The van der Waals surface area contributed by atoms with Gasteiger partial charge >= 0.3 is 0 Å². The van der Waals surface area contributed by atoms with E-state index in [4.69, 9.17) is 0 Å². The molecule has 1 aromatic heterocycles. The van der Waals surface area contributed by atoms with E-state index in [1.54, 1.807) is 11.3 Å². The molecule has 0 fully saturated rings. The monoisotopic (exact) mass is 385 g/mol. The van der Waals surface area contributed by atoms with Gasteiger partial charge in [-0.05, 0) is 17.7 Å². The van der Waals surface area contributed by atoms with Crippen LogP contribution in [0.2, 0.25) is 0 Å². The van der Waals surface area contributed by atoms with E-state index in [2.05, 4.69) is 39.5 Å². The van der Waals surface area contributed by atoms with Gasteiger partial charge in [0.05, 0.1) is 5.69 Å². The maximum atomic E-state index is 12.3. The van der Waals surface area contributed by atoms with E-state index in [0.29, 0.717) is 10.7 Å². The van der Waals surface area contributed by atoms with Crippen LogP contribution in [0.25, 0.3) is 0 Å². The minimum Gasteiger partial charge on any atom is -0.298 e. The fourth-order valence-electron chi connectivity index (χ4n) is 3.04. The van der Waals surface area contributed by atoms with E-state index >= 15 is 0 Å². The van der Waals surface area contributed by atoms with Crippen molar-refractivity contribution < 1.29 is 4.79 Å². The highest BCUT2D eigenvalue weighted by molar-refractivity contribution is 7.15. The van der Waals surface area contributed by atoms with Gasteiger partial charge in [-0.25, -0.2) is 4.98 Å². The van der Waals surface area contributed by atoms with E-state index in [1.807, 2.05) is 36.4 Å². The van der Waals surface area contributed by atoms with Crippen LogP contribution >= 0.6 is 23.7 Å². The molecule has 0 saturated carbocycles. The molecule has 0 radical (unpaired) electrons. The average molecular weight is 386 g/mol. The summed E-state index contributed by atoms with van der Waals surface area (Å²) in [5.41, 5.74) is 3.10. The third-order valence-corrected chi connectivity index (χ3v) is 5.31. The van der Waals surface area contributed by atoms with Crippen molar-refractivity contribution in [1.29, 1.82) is 0 Å². The summed E-state index contributed by atoms with van der Waals surface area (Å²) in [6, 6.07) is 19.8. The Balaban J connectivity index is 0.00000196. The summed E-state index contributed by atoms with van der Waals surface area (Å²) >= 11 is 1.59. The second-order valence-corrected chi connectivity index (χ2v) is 7.24. The maximum absolute atomic E-state index is 12.3. The number of amides is 1. The van der Waals surface area contributed by atoms with Gasteiger partial charge in [0.25, 0.3) is 5.91 Å². The second-order valence-electron chi connectivity index (χ2n) is 6.16. The molecule has 6 heteroatoms. The van der Waals surface area contributed by atoms with Gasteiger partial charge in [0.15, 0.2) is 5.13 Å². The number of hydrogen-bond acceptors (Lipinski definition) is 4. The molecule has 0 bridgehead atoms. The Morgan fingerprint density at radius 1 is 1.08 bits per heavy atom. The van der Waals surface area contributed by atoms with Crippen molar-refractivity contribution in [3.63, 3.8) is 0 Å². The molecule has 4 nitrogen and oxygen atoms in total. The van der Waals surface area contributed by atoms with Gasteiger partial charge in [0.1, 0.15) is 0 Å². The number of carbonyl (C=O) groups is 1. The number of carbonyl (C=O) groups excluding carboxylic acids is 1. The highest BCUT2D eigenvalue weighted by Gasteiger charge is 2.21. The third-order valence-electron chi connectivity index (χ3n) is 4.32. The van der Waals surface area contributed by atoms with Crippen LogP contribution in [-0.2, 0) is 19.5 Å². The van der Waals surface area contributed by atoms with Crippen LogP contribution in [-0.4, -0.2) is 22.3 Å². The summed E-state index contributed by atoms with van der Waals surface area (Å²) in [5.74, 6) is -0.104. The van der Waals surface area contributed by atoms with E-state index < -0.39 is 0 Å². The molecule has 4 rings (SSSR count). The van der Waals surface area contributed by atoms with E-state index in [9.17, 15) is 4.79 Å². The molecule has 134 valence electrons. The summed E-state index contributed by atoms with van der Waals surface area (Å²) in [7, 11) is 0. The summed E-state index contributed by atoms with van der Waals surface area (Å²) < 4.78 is 0. The van der Waals surface area contributed by atoms with Crippen LogP contribution < -0.4 is 5.32 Å². The summed E-state index contributed by atoms with van der Waals surface area (Å²) in [5, 5.41) is 3.62. The van der Waals surface area contributed by atoms with Crippen LogP contribution in [0.5, 0.6) is 0 Å². The lowest BCUT2D eigenvalue weighted by molar-refractivity contribution is 0.102. The van der Waals surface area contributed by atoms with Crippen molar-refractivity contribution >= 4 is 34.8 Å². The molecular formula is C20H20ClN3OS. The van der Waals surface area contributed by atoms with Gasteiger partial charge < -0.3 is 0 Å². The summed E-state index contributed by atoms with van der Waals surface area (Å²) in [4.78, 5) is 20.6. The normalized spacial score (nSPS) is 13.5. The topological polar surface area (TPSA) is 45.2 Å². The lowest BCUT2D eigenvalue weighted by atomic mass is 10.1. The van der Waals surface area contributed by atoms with E-state index in [1.165, 1.54) is 10.4 Å². The van der Waals surface area contributed by atoms with Crippen LogP contribution in [0.1, 0.15) is 26.5 Å². The Morgan fingerprint density at radius 2 is 1.77 bits per heavy atom. The molecule has 1 aliphatic rings. The molecule has 2 aromatic carbocycles. The maximum Gasteiger partial charge on any atom is 0.257 e. The van der Waals surface area contributed by atoms with Crippen LogP contribution in [0.15, 0.2) is 60.7 Å². The summed E-state index contributed by atoms with van der Waals surface area (Å²) in [6.07, 6.45) is 0.930. The summed E-state index contributed by atoms with van der Waals surface area (Å²) in [6.45, 7) is 2.84. The molecular weight excluding hydrogens is 366 g/mol. The Labute approximate surface area is 163 Å². The number of halogens is 1. The lowest BCUT2D eigenvalue weighted by Gasteiger charge is -2.25. The Bertz CT molecular complexity index is 867. The molecule has 1 aliphatic heterocycles. The number of aromatic nitrogens is 1. The zero-order valence-electron chi connectivity index (χ0n) is 14.2. The standard InChI is InChI=1S/C20H19N3OS.ClH/c24-19(16-9-5-2-6-10-16)22-20-21-17-11-12-23(14-18(17)25-20)13-15-7-3-1-4-8-15;/h1-10H,11-14H2,(H,21,22,24);1H. The van der Waals surface area contributed by atoms with Gasteiger partial charge in [-0.3, -0.25) is 15.0 Å². The van der Waals surface area contributed by atoms with Crippen molar-refractivity contribution in [2.75, 3.05) is 11.9 Å². The number of anilines is 1. The van der Waals surface area contributed by atoms with Gasteiger partial charge in [0, 0.05) is 36.5 Å². The first kappa shape index (κ1) is 18.6.